The fourth-order valence-electron chi connectivity index (χ4n) is 2.56. The summed E-state index contributed by atoms with van der Waals surface area (Å²) in [6.45, 7) is 8.03. The van der Waals surface area contributed by atoms with Crippen LogP contribution >= 0.6 is 0 Å². The van der Waals surface area contributed by atoms with Gasteiger partial charge in [-0.25, -0.2) is 4.98 Å². The van der Waals surface area contributed by atoms with Gasteiger partial charge in [0.2, 0.25) is 0 Å². The van der Waals surface area contributed by atoms with Crippen molar-refractivity contribution in [2.24, 2.45) is 5.92 Å². The Morgan fingerprint density at radius 2 is 2.28 bits per heavy atom. The summed E-state index contributed by atoms with van der Waals surface area (Å²) < 4.78 is 0. The number of nitrogens with one attached hydrogen (secondary N) is 1. The molecule has 98 valence electrons. The maximum atomic E-state index is 12.3. The monoisotopic (exact) mass is 247 g/mol. The van der Waals surface area contributed by atoms with Crippen LogP contribution < -0.4 is 5.32 Å². The molecule has 1 amide bonds. The highest BCUT2D eigenvalue weighted by Gasteiger charge is 2.30. The summed E-state index contributed by atoms with van der Waals surface area (Å²) >= 11 is 0. The third-order valence-electron chi connectivity index (χ3n) is 3.41. The molecule has 0 saturated carbocycles. The minimum Gasteiger partial charge on any atom is -0.384 e. The Morgan fingerprint density at radius 3 is 2.78 bits per heavy atom. The molecule has 2 heterocycles. The molecule has 0 aliphatic carbocycles. The third-order valence-corrected chi connectivity index (χ3v) is 3.41. The maximum Gasteiger partial charge on any atom is 0.272 e. The van der Waals surface area contributed by atoms with E-state index in [-0.39, 0.29) is 5.91 Å². The van der Waals surface area contributed by atoms with Crippen LogP contribution in [0.2, 0.25) is 0 Å². The number of carbonyl (C=O) groups excluding carboxylic acids is 1. The highest BCUT2D eigenvalue weighted by atomic mass is 16.2. The quantitative estimate of drug-likeness (QED) is 0.892. The zero-order valence-corrected chi connectivity index (χ0v) is 11.3. The number of amides is 1. The van der Waals surface area contributed by atoms with E-state index in [9.17, 15) is 4.79 Å². The smallest absolute Gasteiger partial charge is 0.272 e. The second kappa shape index (κ2) is 5.38. The minimum atomic E-state index is 0.0508. The van der Waals surface area contributed by atoms with Crippen molar-refractivity contribution in [3.63, 3.8) is 0 Å². The lowest BCUT2D eigenvalue weighted by Crippen LogP contribution is -2.34. The van der Waals surface area contributed by atoms with Crippen LogP contribution in [0.1, 0.15) is 37.7 Å². The third kappa shape index (κ3) is 2.63. The van der Waals surface area contributed by atoms with Crippen LogP contribution in [0.25, 0.3) is 0 Å². The molecule has 4 heteroatoms. The molecule has 4 nitrogen and oxygen atoms in total. The normalized spacial score (nSPS) is 23.2. The molecule has 1 aromatic rings. The Morgan fingerprint density at radius 1 is 1.50 bits per heavy atom. The number of rotatable bonds is 3. The minimum absolute atomic E-state index is 0.0508. The van der Waals surface area contributed by atoms with Crippen molar-refractivity contribution in [1.29, 1.82) is 0 Å². The van der Waals surface area contributed by atoms with Crippen molar-refractivity contribution >= 4 is 11.6 Å². The van der Waals surface area contributed by atoms with Crippen molar-refractivity contribution in [1.82, 2.24) is 9.88 Å². The van der Waals surface area contributed by atoms with Crippen molar-refractivity contribution in [2.75, 3.05) is 18.4 Å². The second-order valence-corrected chi connectivity index (χ2v) is 5.11. The number of likely N-dealkylation sites (tertiary alicyclic amines) is 1. The molecule has 2 unspecified atom stereocenters. The average molecular weight is 247 g/mol. The molecule has 1 saturated heterocycles. The summed E-state index contributed by atoms with van der Waals surface area (Å²) in [7, 11) is 0. The van der Waals surface area contributed by atoms with Gasteiger partial charge in [0.05, 0.1) is 11.9 Å². The first-order valence-corrected chi connectivity index (χ1v) is 6.62. The number of aromatic nitrogens is 1. The van der Waals surface area contributed by atoms with E-state index in [0.29, 0.717) is 17.7 Å². The van der Waals surface area contributed by atoms with Gasteiger partial charge in [-0.1, -0.05) is 6.92 Å². The van der Waals surface area contributed by atoms with E-state index in [0.717, 1.165) is 25.2 Å². The van der Waals surface area contributed by atoms with E-state index in [1.807, 2.05) is 17.9 Å². The lowest BCUT2D eigenvalue weighted by Gasteiger charge is -2.21. The zero-order chi connectivity index (χ0) is 13.1. The molecule has 1 N–H and O–H groups in total. The van der Waals surface area contributed by atoms with E-state index in [1.165, 1.54) is 0 Å². The van der Waals surface area contributed by atoms with Crippen molar-refractivity contribution in [3.05, 3.63) is 24.0 Å². The number of hydrogen-bond donors (Lipinski definition) is 1. The molecular weight excluding hydrogens is 226 g/mol. The van der Waals surface area contributed by atoms with Crippen LogP contribution in [-0.2, 0) is 0 Å². The first-order valence-electron chi connectivity index (χ1n) is 6.62. The number of anilines is 1. The van der Waals surface area contributed by atoms with E-state index in [1.54, 1.807) is 12.3 Å². The van der Waals surface area contributed by atoms with Crippen LogP contribution in [0.5, 0.6) is 0 Å². The summed E-state index contributed by atoms with van der Waals surface area (Å²) in [5, 5.41) is 3.17. The summed E-state index contributed by atoms with van der Waals surface area (Å²) in [5.41, 5.74) is 1.49. The van der Waals surface area contributed by atoms with Crippen LogP contribution in [0.15, 0.2) is 18.3 Å². The Labute approximate surface area is 108 Å². The number of pyridine rings is 1. The lowest BCUT2D eigenvalue weighted by molar-refractivity contribution is 0.0738. The van der Waals surface area contributed by atoms with Gasteiger partial charge in [0, 0.05) is 19.1 Å². The summed E-state index contributed by atoms with van der Waals surface area (Å²) in [4.78, 5) is 18.5. The second-order valence-electron chi connectivity index (χ2n) is 5.11. The van der Waals surface area contributed by atoms with Crippen LogP contribution in [0.3, 0.4) is 0 Å². The van der Waals surface area contributed by atoms with Crippen LogP contribution in [0.4, 0.5) is 5.69 Å². The molecular formula is C14H21N3O. The number of carbonyl (C=O) groups is 1. The molecule has 2 atom stereocenters. The van der Waals surface area contributed by atoms with Crippen molar-refractivity contribution in [3.8, 4) is 0 Å². The van der Waals surface area contributed by atoms with Gasteiger partial charge in [0.25, 0.3) is 5.91 Å². The maximum absolute atomic E-state index is 12.3. The van der Waals surface area contributed by atoms with Crippen LogP contribution in [0, 0.1) is 5.92 Å². The molecule has 0 radical (unpaired) electrons. The lowest BCUT2D eigenvalue weighted by atomic mass is 10.1. The molecule has 2 rings (SSSR count). The Hall–Kier alpha value is -1.58. The first kappa shape index (κ1) is 12.9. The van der Waals surface area contributed by atoms with Crippen LogP contribution in [-0.4, -0.2) is 34.9 Å². The predicted molar refractivity (Wildman–Crippen MR) is 72.7 cm³/mol. The molecule has 1 aliphatic rings. The van der Waals surface area contributed by atoms with E-state index in [2.05, 4.69) is 24.1 Å². The SMILES string of the molecule is CCNc1ccc(C(=O)N2CC(C)CC2C)nc1. The van der Waals surface area contributed by atoms with Gasteiger partial charge in [-0.15, -0.1) is 0 Å². The topological polar surface area (TPSA) is 45.2 Å². The fraction of sp³-hybridized carbons (Fsp3) is 0.571. The van der Waals surface area contributed by atoms with Gasteiger partial charge in [-0.2, -0.15) is 0 Å². The zero-order valence-electron chi connectivity index (χ0n) is 11.3. The standard InChI is InChI=1S/C14H21N3O/c1-4-15-12-5-6-13(16-8-12)14(18)17-9-10(2)7-11(17)3/h5-6,8,10-11,15H,4,7,9H2,1-3H3. The van der Waals surface area contributed by atoms with E-state index < -0.39 is 0 Å². The predicted octanol–water partition coefficient (Wildman–Crippen LogP) is 2.38. The van der Waals surface area contributed by atoms with Crippen molar-refractivity contribution in [2.45, 2.75) is 33.2 Å². The van der Waals surface area contributed by atoms with Gasteiger partial charge in [-0.3, -0.25) is 4.79 Å². The molecule has 1 aromatic heterocycles. The van der Waals surface area contributed by atoms with E-state index >= 15 is 0 Å². The van der Waals surface area contributed by atoms with Gasteiger partial charge in [-0.05, 0) is 38.3 Å². The molecule has 0 spiro atoms. The van der Waals surface area contributed by atoms with Crippen molar-refractivity contribution < 1.29 is 4.79 Å². The van der Waals surface area contributed by atoms with Gasteiger partial charge in [0.15, 0.2) is 0 Å². The summed E-state index contributed by atoms with van der Waals surface area (Å²) in [6.07, 6.45) is 2.81. The Balaban J connectivity index is 2.09. The molecule has 1 aliphatic heterocycles. The molecule has 0 aromatic carbocycles. The fourth-order valence-corrected chi connectivity index (χ4v) is 2.56. The van der Waals surface area contributed by atoms with Gasteiger partial charge < -0.3 is 10.2 Å². The summed E-state index contributed by atoms with van der Waals surface area (Å²) in [5.74, 6) is 0.639. The largest absolute Gasteiger partial charge is 0.384 e. The molecule has 1 fully saturated rings. The Kier molecular flexibility index (Phi) is 3.84. The average Bonchev–Trinajstić information content (AvgIpc) is 2.69. The number of nitrogens with zero attached hydrogens (tertiary/aromatic N) is 2. The first-order chi connectivity index (χ1) is 8.61. The summed E-state index contributed by atoms with van der Waals surface area (Å²) in [6, 6.07) is 4.03. The van der Waals surface area contributed by atoms with Gasteiger partial charge in [0.1, 0.15) is 5.69 Å². The van der Waals surface area contributed by atoms with Gasteiger partial charge >= 0.3 is 0 Å². The molecule has 18 heavy (non-hydrogen) atoms. The molecule has 0 bridgehead atoms. The van der Waals surface area contributed by atoms with E-state index in [4.69, 9.17) is 0 Å². The Bertz CT molecular complexity index is 416. The highest BCUT2D eigenvalue weighted by Crippen LogP contribution is 2.23. The highest BCUT2D eigenvalue weighted by molar-refractivity contribution is 5.92. The number of hydrogen-bond acceptors (Lipinski definition) is 3.